The van der Waals surface area contributed by atoms with Crippen LogP contribution in [-0.2, 0) is 4.74 Å². The maximum Gasteiger partial charge on any atom is 1.00 e. The van der Waals surface area contributed by atoms with Crippen LogP contribution < -0.4 is 39.0 Å². The quantitative estimate of drug-likeness (QED) is 0.128. The number of rotatable bonds is 11. The first kappa shape index (κ1) is 37.1. The molecule has 0 atom stereocenters. The predicted octanol–water partition coefficient (Wildman–Crippen LogP) is 4.67. The molecule has 2 aliphatic rings. The SMILES string of the molecule is [2H]C([2H])(Oc1ccn(-c2ccc(C(=O)O)c(Cl)n2)n1)C1C(C)(C)C1(C)C.[2H]C([2H])(Oc1ccn(-c2ccc(C(=O)OCC)c(Cl)n2)n1)C1C(C)(C)C1(C)C.[Na+].[OH-]. The molecule has 13 nitrogen and oxygen atoms in total. The van der Waals surface area contributed by atoms with Crippen LogP contribution >= 0.6 is 23.2 Å². The number of aromatic carboxylic acids is 1. The molecule has 0 spiro atoms. The van der Waals surface area contributed by atoms with Crippen molar-refractivity contribution in [3.05, 3.63) is 70.2 Å². The molecule has 4 aromatic rings. The van der Waals surface area contributed by atoms with Crippen LogP contribution in [0.2, 0.25) is 10.3 Å². The Morgan fingerprint density at radius 3 is 1.46 bits per heavy atom. The molecule has 0 bridgehead atoms. The van der Waals surface area contributed by atoms with Gasteiger partial charge in [-0.3, -0.25) is 0 Å². The number of carbonyl (C=O) groups is 2. The van der Waals surface area contributed by atoms with Gasteiger partial charge in [0.1, 0.15) is 10.3 Å². The zero-order chi connectivity index (χ0) is 40.4. The number of nitrogens with zero attached hydrogens (tertiary/aromatic N) is 6. The molecule has 0 aliphatic heterocycles. The molecule has 6 rings (SSSR count). The van der Waals surface area contributed by atoms with E-state index in [-0.39, 0.29) is 108 Å². The van der Waals surface area contributed by atoms with Crippen molar-refractivity contribution in [1.82, 2.24) is 29.5 Å². The minimum atomic E-state index is -1.87. The summed E-state index contributed by atoms with van der Waals surface area (Å²) in [6.45, 7) is 14.5. The number of esters is 1. The number of carbonyl (C=O) groups excluding carboxylic acids is 1. The van der Waals surface area contributed by atoms with Crippen molar-refractivity contribution >= 4 is 35.1 Å². The second-order valence-electron chi connectivity index (χ2n) is 14.4. The van der Waals surface area contributed by atoms with E-state index in [2.05, 4.69) is 20.2 Å². The van der Waals surface area contributed by atoms with Gasteiger partial charge in [-0.05, 0) is 52.8 Å². The first-order valence-corrected chi connectivity index (χ1v) is 16.8. The van der Waals surface area contributed by atoms with Gasteiger partial charge in [0, 0.05) is 36.4 Å². The van der Waals surface area contributed by atoms with Gasteiger partial charge in [0.05, 0.1) is 36.3 Å². The van der Waals surface area contributed by atoms with Crippen LogP contribution in [0, 0.1) is 33.5 Å². The molecule has 0 radical (unpaired) electrons. The van der Waals surface area contributed by atoms with Crippen molar-refractivity contribution < 1.29 is 69.4 Å². The predicted molar refractivity (Wildman–Crippen MR) is 191 cm³/mol. The third-order valence-electron chi connectivity index (χ3n) is 10.6. The fraction of sp³-hybridized carbons (Fsp3) is 0.500. The first-order valence-electron chi connectivity index (χ1n) is 18.0. The molecule has 0 saturated heterocycles. The van der Waals surface area contributed by atoms with Crippen LogP contribution in [0.4, 0.5) is 0 Å². The largest absolute Gasteiger partial charge is 1.00 e. The molecule has 4 aromatic heterocycles. The van der Waals surface area contributed by atoms with E-state index in [4.69, 9.17) is 48.0 Å². The molecule has 2 N–H and O–H groups in total. The number of ether oxygens (including phenoxy) is 3. The summed E-state index contributed by atoms with van der Waals surface area (Å²) in [4.78, 5) is 31.0. The monoisotopic (exact) mass is 770 g/mol. The summed E-state index contributed by atoms with van der Waals surface area (Å²) < 4.78 is 52.2. The first-order chi connectivity index (χ1) is 24.8. The Balaban J connectivity index is 0.000000291. The van der Waals surface area contributed by atoms with Gasteiger partial charge in [-0.15, -0.1) is 10.2 Å². The average Bonchev–Trinajstić information content (AvgIpc) is 3.42. The van der Waals surface area contributed by atoms with Crippen molar-refractivity contribution in [2.75, 3.05) is 19.7 Å². The summed E-state index contributed by atoms with van der Waals surface area (Å²) in [5.41, 5.74) is -0.630. The van der Waals surface area contributed by atoms with Crippen LogP contribution in [0.25, 0.3) is 11.6 Å². The van der Waals surface area contributed by atoms with Gasteiger partial charge in [-0.25, -0.2) is 28.9 Å². The summed E-state index contributed by atoms with van der Waals surface area (Å²) >= 11 is 12.0. The Kier molecular flexibility index (Phi) is 11.5. The minimum Gasteiger partial charge on any atom is -0.870 e. The Morgan fingerprint density at radius 1 is 0.750 bits per heavy atom. The minimum absolute atomic E-state index is 0. The standard InChI is InChI=1S/C19H24ClN3O3.C17H20ClN3O3.Na.H2O/c1-6-25-17(24)12-7-8-14(21-16(12)20)23-10-9-15(22-23)26-11-13-18(2,3)19(13,4)5;1-16(2)11(17(16,3)4)9-24-13-7-8-21(20-13)12-6-5-10(15(22)23)14(18)19-12;;/h7-10,13H,6,11H2,1-5H3;5-8,11H,9H2,1-4H3,(H,22,23);;1H2/q;;+1;/p-1/i11D2;9D2;;. The van der Waals surface area contributed by atoms with Gasteiger partial charge in [-0.1, -0.05) is 78.6 Å². The second-order valence-corrected chi connectivity index (χ2v) is 15.1. The number of pyridine rings is 2. The van der Waals surface area contributed by atoms with E-state index in [0.29, 0.717) is 11.6 Å². The number of carboxylic acid groups (broad SMARTS) is 1. The van der Waals surface area contributed by atoms with Crippen LogP contribution in [0.5, 0.6) is 11.8 Å². The van der Waals surface area contributed by atoms with E-state index >= 15 is 0 Å². The van der Waals surface area contributed by atoms with E-state index in [9.17, 15) is 9.59 Å². The smallest absolute Gasteiger partial charge is 0.870 e. The molecular formula is C36H45Cl2N6NaO7. The average molecular weight is 772 g/mol. The van der Waals surface area contributed by atoms with Crippen LogP contribution in [0.1, 0.15) is 88.5 Å². The molecule has 4 heterocycles. The molecule has 2 fully saturated rings. The van der Waals surface area contributed by atoms with E-state index in [1.807, 2.05) is 55.4 Å². The summed E-state index contributed by atoms with van der Waals surface area (Å²) in [6.07, 6.45) is 3.14. The van der Waals surface area contributed by atoms with E-state index in [1.165, 1.54) is 33.6 Å². The van der Waals surface area contributed by atoms with Gasteiger partial charge >= 0.3 is 41.5 Å². The second kappa shape index (κ2) is 16.0. The number of aromatic nitrogens is 6. The van der Waals surface area contributed by atoms with Gasteiger partial charge in [0.25, 0.3) is 0 Å². The summed E-state index contributed by atoms with van der Waals surface area (Å²) in [5, 5.41) is 17.3. The van der Waals surface area contributed by atoms with Crippen molar-refractivity contribution in [2.45, 2.75) is 62.3 Å². The van der Waals surface area contributed by atoms with Gasteiger partial charge in [0.15, 0.2) is 11.6 Å². The fourth-order valence-electron chi connectivity index (χ4n) is 5.82. The van der Waals surface area contributed by atoms with Gasteiger partial charge in [-0.2, -0.15) is 0 Å². The maximum absolute atomic E-state index is 11.8. The number of hydrogen-bond acceptors (Lipinski definition) is 10. The third-order valence-corrected chi connectivity index (χ3v) is 11.2. The van der Waals surface area contributed by atoms with Crippen molar-refractivity contribution in [3.8, 4) is 23.4 Å². The molecule has 16 heteroatoms. The molecule has 0 unspecified atom stereocenters. The Bertz CT molecular complexity index is 2070. The zero-order valence-electron chi connectivity index (χ0n) is 34.9. The Hall–Kier alpha value is -3.20. The third kappa shape index (κ3) is 8.45. The fourth-order valence-corrected chi connectivity index (χ4v) is 6.28. The summed E-state index contributed by atoms with van der Waals surface area (Å²) in [5.74, 6) is -1.28. The van der Waals surface area contributed by atoms with E-state index in [1.54, 1.807) is 31.5 Å². The van der Waals surface area contributed by atoms with E-state index < -0.39 is 25.1 Å². The van der Waals surface area contributed by atoms with Gasteiger partial charge in [0.2, 0.25) is 11.8 Å². The number of halogens is 2. The molecule has 0 amide bonds. The topological polar surface area (TPSA) is 173 Å². The maximum atomic E-state index is 11.8. The molecule has 2 saturated carbocycles. The number of hydrogen-bond donors (Lipinski definition) is 1. The molecule has 276 valence electrons. The van der Waals surface area contributed by atoms with Gasteiger partial charge < -0.3 is 24.8 Å². The van der Waals surface area contributed by atoms with Crippen LogP contribution in [-0.4, -0.2) is 71.8 Å². The van der Waals surface area contributed by atoms with Crippen LogP contribution in [0.3, 0.4) is 0 Å². The number of carboxylic acids is 1. The molecular weight excluding hydrogens is 722 g/mol. The van der Waals surface area contributed by atoms with Crippen LogP contribution in [0.15, 0.2) is 48.8 Å². The summed E-state index contributed by atoms with van der Waals surface area (Å²) in [6, 6.07) is 8.99. The zero-order valence-corrected chi connectivity index (χ0v) is 34.4. The Labute approximate surface area is 341 Å². The van der Waals surface area contributed by atoms with Crippen molar-refractivity contribution in [1.29, 1.82) is 0 Å². The molecule has 0 aromatic carbocycles. The van der Waals surface area contributed by atoms with Crippen molar-refractivity contribution in [2.24, 2.45) is 33.5 Å². The normalized spacial score (nSPS) is 19.1. The Morgan fingerprint density at radius 2 is 1.13 bits per heavy atom. The molecule has 2 aliphatic carbocycles. The van der Waals surface area contributed by atoms with E-state index in [0.717, 1.165) is 0 Å². The summed E-state index contributed by atoms with van der Waals surface area (Å²) in [7, 11) is 0. The van der Waals surface area contributed by atoms with Crippen molar-refractivity contribution in [3.63, 3.8) is 0 Å². The molecule has 52 heavy (non-hydrogen) atoms.